The lowest BCUT2D eigenvalue weighted by Gasteiger charge is -2.24. The van der Waals surface area contributed by atoms with Crippen LogP contribution in [0.5, 0.6) is 5.88 Å². The van der Waals surface area contributed by atoms with Crippen LogP contribution in [-0.4, -0.2) is 34.3 Å². The summed E-state index contributed by atoms with van der Waals surface area (Å²) < 4.78 is 4.95. The van der Waals surface area contributed by atoms with Gasteiger partial charge in [-0.25, -0.2) is 0 Å². The molecule has 0 unspecified atom stereocenters. The van der Waals surface area contributed by atoms with Crippen LogP contribution in [0.4, 0.5) is 11.8 Å². The van der Waals surface area contributed by atoms with E-state index in [4.69, 9.17) is 15.6 Å². The third-order valence-electron chi connectivity index (χ3n) is 1.79. The molecule has 6 heteroatoms. The molecule has 0 bridgehead atoms. The number of hydrogen-bond acceptors (Lipinski definition) is 6. The topological polar surface area (TPSA) is 93.3 Å². The predicted octanol–water partition coefficient (Wildman–Crippen LogP) is 0.250. The van der Waals surface area contributed by atoms with Crippen LogP contribution in [0, 0.1) is 0 Å². The molecule has 0 radical (unpaired) electrons. The second-order valence-electron chi connectivity index (χ2n) is 3.82. The van der Waals surface area contributed by atoms with Gasteiger partial charge in [-0.05, 0) is 13.8 Å². The second kappa shape index (κ2) is 4.31. The van der Waals surface area contributed by atoms with Gasteiger partial charge in [0, 0.05) is 6.07 Å². The van der Waals surface area contributed by atoms with Crippen molar-refractivity contribution >= 4 is 11.8 Å². The van der Waals surface area contributed by atoms with Gasteiger partial charge in [0.1, 0.15) is 5.82 Å². The summed E-state index contributed by atoms with van der Waals surface area (Å²) in [6.07, 6.45) is 0. The van der Waals surface area contributed by atoms with Crippen LogP contribution in [0.25, 0.3) is 0 Å². The number of aliphatic hydroxyl groups is 1. The summed E-state index contributed by atoms with van der Waals surface area (Å²) in [7, 11) is 1.50. The lowest BCUT2D eigenvalue weighted by molar-refractivity contribution is 0.234. The maximum atomic E-state index is 9.08. The zero-order valence-corrected chi connectivity index (χ0v) is 9.11. The zero-order valence-electron chi connectivity index (χ0n) is 9.11. The average Bonchev–Trinajstić information content (AvgIpc) is 2.16. The summed E-state index contributed by atoms with van der Waals surface area (Å²) >= 11 is 0. The van der Waals surface area contributed by atoms with Gasteiger partial charge in [-0.3, -0.25) is 0 Å². The highest BCUT2D eigenvalue weighted by molar-refractivity contribution is 5.44. The highest BCUT2D eigenvalue weighted by Crippen LogP contribution is 2.17. The molecule has 0 aliphatic carbocycles. The number of anilines is 2. The van der Waals surface area contributed by atoms with E-state index < -0.39 is 5.54 Å². The van der Waals surface area contributed by atoms with Crippen LogP contribution < -0.4 is 15.8 Å². The smallest absolute Gasteiger partial charge is 0.225 e. The van der Waals surface area contributed by atoms with E-state index in [1.807, 2.05) is 13.8 Å². The van der Waals surface area contributed by atoms with Crippen LogP contribution >= 0.6 is 0 Å². The Morgan fingerprint density at radius 3 is 2.73 bits per heavy atom. The Labute approximate surface area is 88.5 Å². The molecule has 0 amide bonds. The van der Waals surface area contributed by atoms with Crippen molar-refractivity contribution in [2.75, 3.05) is 24.8 Å². The van der Waals surface area contributed by atoms with Gasteiger partial charge in [-0.2, -0.15) is 9.97 Å². The minimum Gasteiger partial charge on any atom is -0.481 e. The molecule has 6 nitrogen and oxygen atoms in total. The molecule has 0 aromatic carbocycles. The largest absolute Gasteiger partial charge is 0.481 e. The molecule has 0 aliphatic rings. The first-order valence-corrected chi connectivity index (χ1v) is 4.54. The molecule has 0 saturated carbocycles. The maximum Gasteiger partial charge on any atom is 0.225 e. The first-order chi connectivity index (χ1) is 6.96. The quantitative estimate of drug-likeness (QED) is 0.662. The van der Waals surface area contributed by atoms with E-state index in [-0.39, 0.29) is 12.6 Å². The highest BCUT2D eigenvalue weighted by Gasteiger charge is 2.17. The molecular formula is C9H16N4O2. The van der Waals surface area contributed by atoms with Crippen LogP contribution in [0.3, 0.4) is 0 Å². The molecular weight excluding hydrogens is 196 g/mol. The fraction of sp³-hybridized carbons (Fsp3) is 0.556. The Morgan fingerprint density at radius 2 is 2.20 bits per heavy atom. The number of nitrogens with zero attached hydrogens (tertiary/aromatic N) is 2. The third-order valence-corrected chi connectivity index (χ3v) is 1.79. The predicted molar refractivity (Wildman–Crippen MR) is 57.8 cm³/mol. The molecule has 1 aromatic rings. The SMILES string of the molecule is COc1cc(NC(C)(C)CO)nc(N)n1. The standard InChI is InChI=1S/C9H16N4O2/c1-9(2,5-14)13-6-4-7(15-3)12-8(10)11-6/h4,14H,5H2,1-3H3,(H3,10,11,12,13). The first kappa shape index (κ1) is 11.5. The molecule has 84 valence electrons. The molecule has 1 aromatic heterocycles. The molecule has 1 heterocycles. The molecule has 0 aliphatic heterocycles. The number of nitrogen functional groups attached to an aromatic ring is 1. The Hall–Kier alpha value is -1.56. The van der Waals surface area contributed by atoms with Gasteiger partial charge in [0.05, 0.1) is 19.3 Å². The van der Waals surface area contributed by atoms with E-state index in [0.717, 1.165) is 0 Å². The van der Waals surface area contributed by atoms with Gasteiger partial charge in [0.15, 0.2) is 0 Å². The number of nitrogens with two attached hydrogens (primary N) is 1. The third kappa shape index (κ3) is 3.25. The number of ether oxygens (including phenoxy) is 1. The van der Waals surface area contributed by atoms with Crippen LogP contribution in [-0.2, 0) is 0 Å². The zero-order chi connectivity index (χ0) is 11.5. The maximum absolute atomic E-state index is 9.08. The number of nitrogens with one attached hydrogen (secondary N) is 1. The Balaban J connectivity index is 2.90. The summed E-state index contributed by atoms with van der Waals surface area (Å²) in [6, 6.07) is 1.62. The number of aromatic nitrogens is 2. The monoisotopic (exact) mass is 212 g/mol. The second-order valence-corrected chi connectivity index (χ2v) is 3.82. The van der Waals surface area contributed by atoms with Crippen molar-refractivity contribution in [2.24, 2.45) is 0 Å². The summed E-state index contributed by atoms with van der Waals surface area (Å²) in [5.74, 6) is 1.04. The minimum atomic E-state index is -0.466. The van der Waals surface area contributed by atoms with Crippen LogP contribution in [0.2, 0.25) is 0 Å². The lowest BCUT2D eigenvalue weighted by Crippen LogP contribution is -2.35. The highest BCUT2D eigenvalue weighted by atomic mass is 16.5. The number of methoxy groups -OCH3 is 1. The average molecular weight is 212 g/mol. The molecule has 1 rings (SSSR count). The van der Waals surface area contributed by atoms with Crippen molar-refractivity contribution in [1.29, 1.82) is 0 Å². The Kier molecular flexibility index (Phi) is 3.31. The normalized spacial score (nSPS) is 11.2. The van der Waals surface area contributed by atoms with Crippen molar-refractivity contribution in [1.82, 2.24) is 9.97 Å². The molecule has 0 saturated heterocycles. The molecule has 0 atom stereocenters. The lowest BCUT2D eigenvalue weighted by atomic mass is 10.1. The van der Waals surface area contributed by atoms with Gasteiger partial charge in [-0.15, -0.1) is 0 Å². The summed E-state index contributed by atoms with van der Waals surface area (Å²) in [4.78, 5) is 7.83. The van der Waals surface area contributed by atoms with Gasteiger partial charge in [0.25, 0.3) is 0 Å². The fourth-order valence-electron chi connectivity index (χ4n) is 0.998. The van der Waals surface area contributed by atoms with Gasteiger partial charge >= 0.3 is 0 Å². The van der Waals surface area contributed by atoms with Gasteiger partial charge < -0.3 is 20.9 Å². The van der Waals surface area contributed by atoms with Crippen molar-refractivity contribution in [3.05, 3.63) is 6.07 Å². The molecule has 15 heavy (non-hydrogen) atoms. The van der Waals surface area contributed by atoms with E-state index in [2.05, 4.69) is 15.3 Å². The van der Waals surface area contributed by atoms with E-state index in [1.165, 1.54) is 7.11 Å². The molecule has 4 N–H and O–H groups in total. The number of hydrogen-bond donors (Lipinski definition) is 3. The van der Waals surface area contributed by atoms with E-state index in [0.29, 0.717) is 11.7 Å². The summed E-state index contributed by atoms with van der Waals surface area (Å²) in [5.41, 5.74) is 5.02. The first-order valence-electron chi connectivity index (χ1n) is 4.54. The van der Waals surface area contributed by atoms with Crippen LogP contribution in [0.15, 0.2) is 6.07 Å². The van der Waals surface area contributed by atoms with Crippen molar-refractivity contribution in [3.63, 3.8) is 0 Å². The molecule has 0 fully saturated rings. The summed E-state index contributed by atoms with van der Waals surface area (Å²) in [5, 5.41) is 12.1. The minimum absolute atomic E-state index is 0.0147. The van der Waals surface area contributed by atoms with Crippen molar-refractivity contribution in [2.45, 2.75) is 19.4 Å². The number of aliphatic hydroxyl groups excluding tert-OH is 1. The Morgan fingerprint density at radius 1 is 1.53 bits per heavy atom. The van der Waals surface area contributed by atoms with Crippen molar-refractivity contribution < 1.29 is 9.84 Å². The van der Waals surface area contributed by atoms with Gasteiger partial charge in [0.2, 0.25) is 11.8 Å². The van der Waals surface area contributed by atoms with Crippen LogP contribution in [0.1, 0.15) is 13.8 Å². The Bertz CT molecular complexity index is 341. The summed E-state index contributed by atoms with van der Waals surface area (Å²) in [6.45, 7) is 3.68. The van der Waals surface area contributed by atoms with Crippen molar-refractivity contribution in [3.8, 4) is 5.88 Å². The van der Waals surface area contributed by atoms with E-state index in [9.17, 15) is 0 Å². The van der Waals surface area contributed by atoms with E-state index >= 15 is 0 Å². The molecule has 0 spiro atoms. The van der Waals surface area contributed by atoms with E-state index in [1.54, 1.807) is 6.07 Å². The number of rotatable bonds is 4. The fourth-order valence-corrected chi connectivity index (χ4v) is 0.998. The van der Waals surface area contributed by atoms with Gasteiger partial charge in [-0.1, -0.05) is 0 Å².